The molecule has 5 heteroatoms. The summed E-state index contributed by atoms with van der Waals surface area (Å²) in [4.78, 5) is 14.1. The lowest BCUT2D eigenvalue weighted by molar-refractivity contribution is 0.0667. The van der Waals surface area contributed by atoms with Gasteiger partial charge in [-0.15, -0.1) is 0 Å². The number of hydrogen-bond acceptors (Lipinski definition) is 3. The maximum atomic E-state index is 13.8. The molecule has 21 heavy (non-hydrogen) atoms. The molecule has 0 bridgehead atoms. The first-order valence-electron chi connectivity index (χ1n) is 6.89. The van der Waals surface area contributed by atoms with Crippen LogP contribution in [-0.4, -0.2) is 46.3 Å². The third-order valence-corrected chi connectivity index (χ3v) is 3.97. The van der Waals surface area contributed by atoms with Crippen LogP contribution in [-0.2, 0) is 0 Å². The molecule has 0 aliphatic carbocycles. The Morgan fingerprint density at radius 2 is 1.95 bits per heavy atom. The van der Waals surface area contributed by atoms with Crippen molar-refractivity contribution in [1.29, 1.82) is 0 Å². The van der Waals surface area contributed by atoms with Crippen molar-refractivity contribution in [2.45, 2.75) is 18.6 Å². The molecule has 3 rings (SSSR count). The minimum atomic E-state index is -0.627. The predicted molar refractivity (Wildman–Crippen MR) is 76.4 cm³/mol. The van der Waals surface area contributed by atoms with Crippen LogP contribution in [0.25, 0.3) is 10.8 Å². The Kier molecular flexibility index (Phi) is 3.61. The van der Waals surface area contributed by atoms with Crippen LogP contribution >= 0.6 is 0 Å². The highest BCUT2D eigenvalue weighted by atomic mass is 19.1. The number of halogens is 1. The molecule has 1 heterocycles. The molecule has 1 amide bonds. The van der Waals surface area contributed by atoms with Gasteiger partial charge in [-0.2, -0.15) is 0 Å². The number of aliphatic hydroxyl groups is 2. The lowest BCUT2D eigenvalue weighted by atomic mass is 10.0. The van der Waals surface area contributed by atoms with E-state index in [4.69, 9.17) is 0 Å². The molecule has 2 atom stereocenters. The van der Waals surface area contributed by atoms with Gasteiger partial charge < -0.3 is 15.1 Å². The third-order valence-electron chi connectivity index (χ3n) is 3.97. The molecule has 4 nitrogen and oxygen atoms in total. The first kappa shape index (κ1) is 14.0. The van der Waals surface area contributed by atoms with Crippen LogP contribution in [0.3, 0.4) is 0 Å². The fourth-order valence-corrected chi connectivity index (χ4v) is 2.92. The minimum Gasteiger partial charge on any atom is -0.394 e. The number of aliphatic hydroxyl groups excluding tert-OH is 2. The summed E-state index contributed by atoms with van der Waals surface area (Å²) in [6, 6.07) is 9.14. The third kappa shape index (κ3) is 2.39. The smallest absolute Gasteiger partial charge is 0.254 e. The van der Waals surface area contributed by atoms with Crippen LogP contribution < -0.4 is 0 Å². The maximum absolute atomic E-state index is 13.8. The fraction of sp³-hybridized carbons (Fsp3) is 0.312. The second-order valence-electron chi connectivity index (χ2n) is 5.32. The molecule has 110 valence electrons. The van der Waals surface area contributed by atoms with Gasteiger partial charge >= 0.3 is 0 Å². The second-order valence-corrected chi connectivity index (χ2v) is 5.32. The van der Waals surface area contributed by atoms with Crippen molar-refractivity contribution in [1.82, 2.24) is 4.90 Å². The first-order chi connectivity index (χ1) is 10.1. The highest BCUT2D eigenvalue weighted by Crippen LogP contribution is 2.26. The number of likely N-dealkylation sites (tertiary alicyclic amines) is 1. The van der Waals surface area contributed by atoms with Crippen molar-refractivity contribution in [3.8, 4) is 0 Å². The van der Waals surface area contributed by atoms with Crippen LogP contribution in [0.1, 0.15) is 16.8 Å². The van der Waals surface area contributed by atoms with Gasteiger partial charge in [0.15, 0.2) is 0 Å². The summed E-state index contributed by atoms with van der Waals surface area (Å²) in [5.74, 6) is -0.663. The molecule has 1 aliphatic rings. The Morgan fingerprint density at radius 3 is 2.67 bits per heavy atom. The number of amides is 1. The highest BCUT2D eigenvalue weighted by Gasteiger charge is 2.34. The van der Waals surface area contributed by atoms with Crippen molar-refractivity contribution in [3.63, 3.8) is 0 Å². The number of carbonyl (C=O) groups excluding carboxylic acids is 1. The van der Waals surface area contributed by atoms with E-state index in [1.807, 2.05) is 0 Å². The van der Waals surface area contributed by atoms with E-state index in [0.717, 1.165) is 0 Å². The SMILES string of the molecule is O=C(c1ccc(F)c2ccccc12)N1C[C@@H](O)C[C@H]1CO. The molecule has 1 saturated heterocycles. The molecule has 2 aromatic rings. The Balaban J connectivity index is 2.04. The molecule has 2 N–H and O–H groups in total. The van der Waals surface area contributed by atoms with E-state index in [1.54, 1.807) is 24.3 Å². The summed E-state index contributed by atoms with van der Waals surface area (Å²) in [5, 5.41) is 20.0. The summed E-state index contributed by atoms with van der Waals surface area (Å²) < 4.78 is 13.8. The summed E-state index contributed by atoms with van der Waals surface area (Å²) >= 11 is 0. The number of carbonyl (C=O) groups is 1. The Labute approximate surface area is 121 Å². The fourth-order valence-electron chi connectivity index (χ4n) is 2.92. The van der Waals surface area contributed by atoms with Gasteiger partial charge in [-0.1, -0.05) is 24.3 Å². The van der Waals surface area contributed by atoms with Gasteiger partial charge in [-0.05, 0) is 23.9 Å². The Bertz CT molecular complexity index is 688. The predicted octanol–water partition coefficient (Wildman–Crippen LogP) is 1.55. The summed E-state index contributed by atoms with van der Waals surface area (Å²) in [6.07, 6.45) is -0.265. The molecule has 1 aliphatic heterocycles. The first-order valence-corrected chi connectivity index (χ1v) is 6.89. The van der Waals surface area contributed by atoms with E-state index < -0.39 is 12.1 Å². The number of hydrogen-bond donors (Lipinski definition) is 2. The normalized spacial score (nSPS) is 22.0. The Hall–Kier alpha value is -1.98. The van der Waals surface area contributed by atoms with E-state index in [1.165, 1.54) is 17.0 Å². The molecule has 0 unspecified atom stereocenters. The van der Waals surface area contributed by atoms with Crippen molar-refractivity contribution in [3.05, 3.63) is 47.8 Å². The second kappa shape index (κ2) is 5.42. The van der Waals surface area contributed by atoms with Crippen LogP contribution in [0.15, 0.2) is 36.4 Å². The quantitative estimate of drug-likeness (QED) is 0.881. The van der Waals surface area contributed by atoms with Crippen molar-refractivity contribution >= 4 is 16.7 Å². The molecule has 1 fully saturated rings. The maximum Gasteiger partial charge on any atom is 0.254 e. The number of rotatable bonds is 2. The molecule has 0 spiro atoms. The van der Waals surface area contributed by atoms with E-state index in [2.05, 4.69) is 0 Å². The molecule has 0 radical (unpaired) electrons. The van der Waals surface area contributed by atoms with Crippen LogP contribution in [0.2, 0.25) is 0 Å². The zero-order chi connectivity index (χ0) is 15.0. The largest absolute Gasteiger partial charge is 0.394 e. The van der Waals surface area contributed by atoms with E-state index in [0.29, 0.717) is 22.8 Å². The van der Waals surface area contributed by atoms with E-state index >= 15 is 0 Å². The van der Waals surface area contributed by atoms with Crippen molar-refractivity contribution < 1.29 is 19.4 Å². The van der Waals surface area contributed by atoms with Gasteiger partial charge in [0.1, 0.15) is 5.82 Å². The van der Waals surface area contributed by atoms with Crippen molar-refractivity contribution in [2.75, 3.05) is 13.2 Å². The number of β-amino-alcohol motifs (C(OH)–C–C–N with tert-alkyl or cyclic N) is 1. The average molecular weight is 289 g/mol. The zero-order valence-corrected chi connectivity index (χ0v) is 11.4. The van der Waals surface area contributed by atoms with Gasteiger partial charge in [-0.25, -0.2) is 4.39 Å². The summed E-state index contributed by atoms with van der Waals surface area (Å²) in [7, 11) is 0. The van der Waals surface area contributed by atoms with Gasteiger partial charge in [0, 0.05) is 17.5 Å². The molecule has 0 aromatic heterocycles. The molecular formula is C16H16FNO3. The van der Waals surface area contributed by atoms with Crippen LogP contribution in [0.5, 0.6) is 0 Å². The number of benzene rings is 2. The molecule has 0 saturated carbocycles. The zero-order valence-electron chi connectivity index (χ0n) is 11.4. The standard InChI is InChI=1S/C16H16FNO3/c17-15-6-5-14(12-3-1-2-4-13(12)15)16(21)18-8-11(20)7-10(18)9-19/h1-6,10-11,19-20H,7-9H2/t10-,11-/m0/s1. The van der Waals surface area contributed by atoms with Crippen LogP contribution in [0, 0.1) is 5.82 Å². The number of nitrogens with zero attached hydrogens (tertiary/aromatic N) is 1. The minimum absolute atomic E-state index is 0.190. The summed E-state index contributed by atoms with van der Waals surface area (Å²) in [6.45, 7) is -0.00229. The van der Waals surface area contributed by atoms with Crippen LogP contribution in [0.4, 0.5) is 4.39 Å². The van der Waals surface area contributed by atoms with E-state index in [9.17, 15) is 19.4 Å². The van der Waals surface area contributed by atoms with Gasteiger partial charge in [0.05, 0.1) is 18.8 Å². The lowest BCUT2D eigenvalue weighted by Gasteiger charge is -2.23. The monoisotopic (exact) mass is 289 g/mol. The van der Waals surface area contributed by atoms with Gasteiger partial charge in [0.2, 0.25) is 0 Å². The van der Waals surface area contributed by atoms with Gasteiger partial charge in [-0.3, -0.25) is 4.79 Å². The lowest BCUT2D eigenvalue weighted by Crippen LogP contribution is -2.38. The van der Waals surface area contributed by atoms with Gasteiger partial charge in [0.25, 0.3) is 5.91 Å². The average Bonchev–Trinajstić information content (AvgIpc) is 2.88. The highest BCUT2D eigenvalue weighted by molar-refractivity contribution is 6.07. The number of fused-ring (bicyclic) bond motifs is 1. The Morgan fingerprint density at radius 1 is 1.24 bits per heavy atom. The summed E-state index contributed by atoms with van der Waals surface area (Å²) in [5.41, 5.74) is 0.388. The van der Waals surface area contributed by atoms with Crippen molar-refractivity contribution in [2.24, 2.45) is 0 Å². The topological polar surface area (TPSA) is 60.8 Å². The molecular weight excluding hydrogens is 273 g/mol. The molecule has 2 aromatic carbocycles. The van der Waals surface area contributed by atoms with E-state index in [-0.39, 0.29) is 24.9 Å².